The second-order valence-corrected chi connectivity index (χ2v) is 2.60. The third kappa shape index (κ3) is 0.567. The summed E-state index contributed by atoms with van der Waals surface area (Å²) < 4.78 is 5.07. The minimum absolute atomic E-state index is 0.839. The van der Waals surface area contributed by atoms with Gasteiger partial charge in [0.25, 0.3) is 0 Å². The van der Waals surface area contributed by atoms with Gasteiger partial charge in [-0.05, 0) is 12.2 Å². The summed E-state index contributed by atoms with van der Waals surface area (Å²) in [5.74, 6) is 0.839. The van der Waals surface area contributed by atoms with Crippen LogP contribution in [0.15, 0.2) is 57.7 Å². The Hall–Kier alpha value is -1.84. The molecule has 0 fully saturated rings. The van der Waals surface area contributed by atoms with Crippen molar-refractivity contribution in [3.05, 3.63) is 47.5 Å². The van der Waals surface area contributed by atoms with Crippen molar-refractivity contribution < 1.29 is 4.74 Å². The van der Waals surface area contributed by atoms with Gasteiger partial charge in [-0.1, -0.05) is 0 Å². The monoisotopic (exact) mass is 159 g/mol. The van der Waals surface area contributed by atoms with Gasteiger partial charge in [-0.25, -0.2) is 0 Å². The van der Waals surface area contributed by atoms with Gasteiger partial charge in [0, 0.05) is 0 Å². The molecule has 4 nitrogen and oxygen atoms in total. The van der Waals surface area contributed by atoms with E-state index in [-0.39, 0.29) is 0 Å². The fourth-order valence-electron chi connectivity index (χ4n) is 1.29. The zero-order valence-electron chi connectivity index (χ0n) is 6.11. The number of hydrogen-bond acceptors (Lipinski definition) is 4. The number of ether oxygens (including phenoxy) is 1. The molecule has 0 aromatic rings. The molecule has 3 heterocycles. The number of nitrogens with zero attached hydrogens (tertiary/aromatic N) is 2. The minimum atomic E-state index is 0.839. The van der Waals surface area contributed by atoms with Crippen LogP contribution in [0.4, 0.5) is 0 Å². The lowest BCUT2D eigenvalue weighted by molar-refractivity contribution is 0.393. The van der Waals surface area contributed by atoms with E-state index >= 15 is 0 Å². The first-order valence-electron chi connectivity index (χ1n) is 3.61. The van der Waals surface area contributed by atoms with Crippen LogP contribution in [-0.2, 0) is 4.74 Å². The smallest absolute Gasteiger partial charge is 0.164 e. The van der Waals surface area contributed by atoms with E-state index in [1.807, 2.05) is 6.08 Å². The number of rotatable bonds is 0. The standard InChI is InChI=1S/C8H5N3O/c1-2-5-7-6(4-12-3-1)9-8(7)11-10-5/h1-4,9H. The summed E-state index contributed by atoms with van der Waals surface area (Å²) in [4.78, 5) is 0. The molecule has 3 rings (SSSR count). The highest BCUT2D eigenvalue weighted by Gasteiger charge is 2.31. The quantitative estimate of drug-likeness (QED) is 0.582. The SMILES string of the molecule is C1=COC=C2NC3=C2C(=C1)N=N3. The number of allylic oxidation sites excluding steroid dienone is 2. The molecule has 3 aliphatic rings. The zero-order chi connectivity index (χ0) is 7.97. The van der Waals surface area contributed by atoms with Gasteiger partial charge in [-0.3, -0.25) is 0 Å². The Bertz CT molecular complexity index is 399. The van der Waals surface area contributed by atoms with Crippen LogP contribution in [0.25, 0.3) is 0 Å². The fraction of sp³-hybridized carbons (Fsp3) is 0. The number of azo groups is 1. The molecule has 0 aromatic heterocycles. The van der Waals surface area contributed by atoms with Crippen molar-refractivity contribution >= 4 is 0 Å². The Morgan fingerprint density at radius 2 is 2.33 bits per heavy atom. The summed E-state index contributed by atoms with van der Waals surface area (Å²) in [6.07, 6.45) is 6.93. The van der Waals surface area contributed by atoms with E-state index in [2.05, 4.69) is 15.5 Å². The van der Waals surface area contributed by atoms with E-state index in [0.717, 1.165) is 22.8 Å². The van der Waals surface area contributed by atoms with Gasteiger partial charge in [-0.2, -0.15) is 0 Å². The maximum absolute atomic E-state index is 5.07. The molecular weight excluding hydrogens is 154 g/mol. The van der Waals surface area contributed by atoms with Crippen molar-refractivity contribution in [3.8, 4) is 0 Å². The molecule has 0 unspecified atom stereocenters. The third-order valence-corrected chi connectivity index (χ3v) is 1.87. The average Bonchev–Trinajstić information content (AvgIpc) is 2.32. The third-order valence-electron chi connectivity index (χ3n) is 1.87. The van der Waals surface area contributed by atoms with Crippen LogP contribution in [0.3, 0.4) is 0 Å². The molecule has 0 spiro atoms. The summed E-state index contributed by atoms with van der Waals surface area (Å²) >= 11 is 0. The van der Waals surface area contributed by atoms with E-state index in [0.29, 0.717) is 0 Å². The Morgan fingerprint density at radius 1 is 1.33 bits per heavy atom. The van der Waals surface area contributed by atoms with Crippen LogP contribution in [0.5, 0.6) is 0 Å². The molecule has 58 valence electrons. The van der Waals surface area contributed by atoms with Gasteiger partial charge in [0.2, 0.25) is 0 Å². The second-order valence-electron chi connectivity index (χ2n) is 2.60. The lowest BCUT2D eigenvalue weighted by atomic mass is 10.0. The van der Waals surface area contributed by atoms with Gasteiger partial charge in [0.1, 0.15) is 6.26 Å². The Balaban J connectivity index is 2.21. The first-order chi connectivity index (χ1) is 5.95. The van der Waals surface area contributed by atoms with Crippen molar-refractivity contribution in [2.75, 3.05) is 0 Å². The Labute approximate surface area is 68.6 Å². The van der Waals surface area contributed by atoms with Crippen LogP contribution in [0.2, 0.25) is 0 Å². The maximum atomic E-state index is 5.07. The van der Waals surface area contributed by atoms with Gasteiger partial charge in [0.15, 0.2) is 5.82 Å². The minimum Gasteiger partial charge on any atom is -0.470 e. The number of nitrogens with one attached hydrogen (secondary N) is 1. The van der Waals surface area contributed by atoms with Crippen molar-refractivity contribution in [1.82, 2.24) is 5.32 Å². The average molecular weight is 159 g/mol. The summed E-state index contributed by atoms with van der Waals surface area (Å²) in [7, 11) is 0. The Kier molecular flexibility index (Phi) is 0.889. The van der Waals surface area contributed by atoms with Gasteiger partial charge >= 0.3 is 0 Å². The highest BCUT2D eigenvalue weighted by Crippen LogP contribution is 2.37. The molecule has 0 aromatic carbocycles. The molecule has 0 amide bonds. The molecule has 1 N–H and O–H groups in total. The second kappa shape index (κ2) is 1.85. The molecule has 0 radical (unpaired) electrons. The molecule has 0 aliphatic carbocycles. The summed E-state index contributed by atoms with van der Waals surface area (Å²) in [6, 6.07) is 0. The fourth-order valence-corrected chi connectivity index (χ4v) is 1.29. The van der Waals surface area contributed by atoms with Crippen molar-refractivity contribution in [1.29, 1.82) is 0 Å². The van der Waals surface area contributed by atoms with Crippen molar-refractivity contribution in [2.45, 2.75) is 0 Å². The van der Waals surface area contributed by atoms with E-state index < -0.39 is 0 Å². The molecule has 0 atom stereocenters. The van der Waals surface area contributed by atoms with Crippen LogP contribution in [0.1, 0.15) is 0 Å². The van der Waals surface area contributed by atoms with E-state index in [1.165, 1.54) is 0 Å². The van der Waals surface area contributed by atoms with Crippen molar-refractivity contribution in [3.63, 3.8) is 0 Å². The topological polar surface area (TPSA) is 46.0 Å². The van der Waals surface area contributed by atoms with Crippen LogP contribution >= 0.6 is 0 Å². The van der Waals surface area contributed by atoms with Gasteiger partial charge < -0.3 is 10.1 Å². The largest absolute Gasteiger partial charge is 0.470 e. The van der Waals surface area contributed by atoms with Crippen LogP contribution in [0, 0.1) is 0 Å². The van der Waals surface area contributed by atoms with E-state index in [1.54, 1.807) is 18.6 Å². The predicted octanol–water partition coefficient (Wildman–Crippen LogP) is 1.54. The summed E-state index contributed by atoms with van der Waals surface area (Å²) in [5.41, 5.74) is 2.90. The molecular formula is C8H5N3O. The first-order valence-corrected chi connectivity index (χ1v) is 3.61. The van der Waals surface area contributed by atoms with Gasteiger partial charge in [0.05, 0.1) is 23.2 Å². The van der Waals surface area contributed by atoms with E-state index in [9.17, 15) is 0 Å². The normalized spacial score (nSPS) is 22.7. The predicted molar refractivity (Wildman–Crippen MR) is 41.4 cm³/mol. The maximum Gasteiger partial charge on any atom is 0.164 e. The molecule has 3 aliphatic heterocycles. The zero-order valence-corrected chi connectivity index (χ0v) is 6.11. The lowest BCUT2D eigenvalue weighted by Gasteiger charge is -2.20. The van der Waals surface area contributed by atoms with Crippen LogP contribution in [-0.4, -0.2) is 0 Å². The van der Waals surface area contributed by atoms with Crippen LogP contribution < -0.4 is 5.32 Å². The van der Waals surface area contributed by atoms with Crippen molar-refractivity contribution in [2.24, 2.45) is 10.2 Å². The Morgan fingerprint density at radius 3 is 3.33 bits per heavy atom. The molecule has 12 heavy (non-hydrogen) atoms. The first kappa shape index (κ1) is 5.77. The van der Waals surface area contributed by atoms with E-state index in [4.69, 9.17) is 4.74 Å². The molecule has 0 saturated heterocycles. The number of hydrogen-bond donors (Lipinski definition) is 1. The molecule has 4 heteroatoms. The summed E-state index contributed by atoms with van der Waals surface area (Å²) in [6.45, 7) is 0. The summed E-state index contributed by atoms with van der Waals surface area (Å²) in [5, 5.41) is 10.9. The highest BCUT2D eigenvalue weighted by atomic mass is 16.5. The molecule has 0 bridgehead atoms. The molecule has 0 saturated carbocycles. The van der Waals surface area contributed by atoms with Gasteiger partial charge in [-0.15, -0.1) is 10.2 Å². The highest BCUT2D eigenvalue weighted by molar-refractivity contribution is 5.58. The lowest BCUT2D eigenvalue weighted by Crippen LogP contribution is -2.25.